The molecule has 1 unspecified atom stereocenters. The number of aryl methyl sites for hydroxylation is 1. The SMILES string of the molecule is Cl.N[C@@H]1CCC[C@H]1CC(=O)NC1CCCc2[nH]c(=O)ccc21. The molecule has 1 aromatic heterocycles. The molecule has 1 amide bonds. The highest BCUT2D eigenvalue weighted by atomic mass is 35.5. The summed E-state index contributed by atoms with van der Waals surface area (Å²) in [7, 11) is 0. The Morgan fingerprint density at radius 2 is 2.09 bits per heavy atom. The first-order chi connectivity index (χ1) is 10.1. The number of rotatable bonds is 3. The van der Waals surface area contributed by atoms with Crippen LogP contribution in [0.3, 0.4) is 0 Å². The summed E-state index contributed by atoms with van der Waals surface area (Å²) in [6, 6.07) is 3.58. The van der Waals surface area contributed by atoms with Crippen LogP contribution in [0.2, 0.25) is 0 Å². The molecule has 1 aromatic rings. The van der Waals surface area contributed by atoms with Crippen molar-refractivity contribution in [2.75, 3.05) is 0 Å². The van der Waals surface area contributed by atoms with Crippen molar-refractivity contribution in [2.24, 2.45) is 11.7 Å². The van der Waals surface area contributed by atoms with Crippen LogP contribution in [0.25, 0.3) is 0 Å². The Labute approximate surface area is 136 Å². The third-order valence-corrected chi connectivity index (χ3v) is 4.83. The van der Waals surface area contributed by atoms with Crippen molar-refractivity contribution in [3.05, 3.63) is 33.7 Å². The molecule has 4 N–H and O–H groups in total. The predicted octanol–water partition coefficient (Wildman–Crippen LogP) is 1.81. The van der Waals surface area contributed by atoms with E-state index in [4.69, 9.17) is 5.73 Å². The Hall–Kier alpha value is -1.33. The zero-order valence-corrected chi connectivity index (χ0v) is 13.5. The number of amides is 1. The van der Waals surface area contributed by atoms with E-state index in [9.17, 15) is 9.59 Å². The van der Waals surface area contributed by atoms with Crippen LogP contribution in [0.4, 0.5) is 0 Å². The number of aromatic amines is 1. The van der Waals surface area contributed by atoms with Gasteiger partial charge in [0.15, 0.2) is 0 Å². The minimum Gasteiger partial charge on any atom is -0.349 e. The molecule has 0 saturated heterocycles. The third kappa shape index (κ3) is 3.70. The second-order valence-corrected chi connectivity index (χ2v) is 6.33. The van der Waals surface area contributed by atoms with Gasteiger partial charge in [-0.3, -0.25) is 9.59 Å². The molecule has 0 aliphatic heterocycles. The van der Waals surface area contributed by atoms with E-state index in [-0.39, 0.29) is 36.0 Å². The molecule has 1 fully saturated rings. The quantitative estimate of drug-likeness (QED) is 0.792. The van der Waals surface area contributed by atoms with Crippen molar-refractivity contribution >= 4 is 18.3 Å². The second-order valence-electron chi connectivity index (χ2n) is 6.33. The van der Waals surface area contributed by atoms with Crippen LogP contribution >= 0.6 is 12.4 Å². The molecular formula is C16H24ClN3O2. The standard InChI is InChI=1S/C16H23N3O2.ClH/c17-12-4-1-3-10(12)9-16(21)19-14-6-2-5-13-11(14)7-8-15(20)18-13;/h7-8,10,12,14H,1-6,9,17H2,(H,18,20)(H,19,21);1H/t10-,12+,14?;/m0./s1. The van der Waals surface area contributed by atoms with Gasteiger partial charge in [-0.25, -0.2) is 0 Å². The first kappa shape index (κ1) is 17.0. The highest BCUT2D eigenvalue weighted by molar-refractivity contribution is 5.85. The van der Waals surface area contributed by atoms with Gasteiger partial charge in [0.25, 0.3) is 0 Å². The predicted molar refractivity (Wildman–Crippen MR) is 88.1 cm³/mol. The summed E-state index contributed by atoms with van der Waals surface area (Å²) in [6.07, 6.45) is 6.55. The number of H-pyrrole nitrogens is 1. The Morgan fingerprint density at radius 3 is 2.82 bits per heavy atom. The number of aromatic nitrogens is 1. The molecule has 122 valence electrons. The molecule has 0 radical (unpaired) electrons. The summed E-state index contributed by atoms with van der Waals surface area (Å²) in [4.78, 5) is 26.5. The average Bonchev–Trinajstić information content (AvgIpc) is 2.84. The average molecular weight is 326 g/mol. The van der Waals surface area contributed by atoms with Gasteiger partial charge in [-0.2, -0.15) is 0 Å². The molecule has 0 bridgehead atoms. The molecule has 3 atom stereocenters. The summed E-state index contributed by atoms with van der Waals surface area (Å²) in [5, 5.41) is 3.13. The second kappa shape index (κ2) is 7.29. The number of carbonyl (C=O) groups excluding carboxylic acids is 1. The van der Waals surface area contributed by atoms with Gasteiger partial charge in [-0.15, -0.1) is 12.4 Å². The molecule has 1 saturated carbocycles. The van der Waals surface area contributed by atoms with Crippen LogP contribution in [0.15, 0.2) is 16.9 Å². The van der Waals surface area contributed by atoms with Crippen molar-refractivity contribution in [2.45, 2.75) is 57.0 Å². The van der Waals surface area contributed by atoms with Gasteiger partial charge in [-0.05, 0) is 49.7 Å². The molecule has 0 spiro atoms. The Balaban J connectivity index is 0.00000176. The van der Waals surface area contributed by atoms with Crippen molar-refractivity contribution in [1.82, 2.24) is 10.3 Å². The molecular weight excluding hydrogens is 302 g/mol. The number of hydrogen-bond donors (Lipinski definition) is 3. The maximum atomic E-state index is 12.3. The van der Waals surface area contributed by atoms with Crippen LogP contribution in [-0.2, 0) is 11.2 Å². The van der Waals surface area contributed by atoms with E-state index in [2.05, 4.69) is 10.3 Å². The van der Waals surface area contributed by atoms with Crippen LogP contribution in [0.1, 0.15) is 55.8 Å². The minimum absolute atomic E-state index is 0. The molecule has 22 heavy (non-hydrogen) atoms. The van der Waals surface area contributed by atoms with Gasteiger partial charge in [0.05, 0.1) is 6.04 Å². The first-order valence-electron chi connectivity index (χ1n) is 7.90. The van der Waals surface area contributed by atoms with Crippen LogP contribution in [0.5, 0.6) is 0 Å². The number of hydrogen-bond acceptors (Lipinski definition) is 3. The van der Waals surface area contributed by atoms with E-state index < -0.39 is 0 Å². The highest BCUT2D eigenvalue weighted by Gasteiger charge is 2.28. The summed E-state index contributed by atoms with van der Waals surface area (Å²) in [5.74, 6) is 0.407. The van der Waals surface area contributed by atoms with Crippen molar-refractivity contribution in [1.29, 1.82) is 0 Å². The van der Waals surface area contributed by atoms with Crippen molar-refractivity contribution in [3.8, 4) is 0 Å². The zero-order chi connectivity index (χ0) is 14.8. The Kier molecular flexibility index (Phi) is 5.64. The Bertz CT molecular complexity index is 587. The number of nitrogens with one attached hydrogen (secondary N) is 2. The monoisotopic (exact) mass is 325 g/mol. The van der Waals surface area contributed by atoms with E-state index >= 15 is 0 Å². The van der Waals surface area contributed by atoms with E-state index in [1.54, 1.807) is 0 Å². The number of pyridine rings is 1. The van der Waals surface area contributed by atoms with E-state index in [0.717, 1.165) is 49.8 Å². The largest absolute Gasteiger partial charge is 0.349 e. The maximum absolute atomic E-state index is 12.3. The fourth-order valence-electron chi connectivity index (χ4n) is 3.66. The highest BCUT2D eigenvalue weighted by Crippen LogP contribution is 2.29. The molecule has 3 rings (SSSR count). The normalized spacial score (nSPS) is 26.9. The third-order valence-electron chi connectivity index (χ3n) is 4.83. The summed E-state index contributed by atoms with van der Waals surface area (Å²) >= 11 is 0. The molecule has 6 heteroatoms. The van der Waals surface area contributed by atoms with E-state index in [0.29, 0.717) is 12.3 Å². The smallest absolute Gasteiger partial charge is 0.248 e. The molecule has 1 heterocycles. The van der Waals surface area contributed by atoms with E-state index in [1.807, 2.05) is 6.07 Å². The van der Waals surface area contributed by atoms with Gasteiger partial charge in [-0.1, -0.05) is 6.42 Å². The lowest BCUT2D eigenvalue weighted by Gasteiger charge is -2.26. The maximum Gasteiger partial charge on any atom is 0.248 e. The van der Waals surface area contributed by atoms with Crippen molar-refractivity contribution < 1.29 is 4.79 Å². The van der Waals surface area contributed by atoms with Crippen LogP contribution in [-0.4, -0.2) is 16.9 Å². The topological polar surface area (TPSA) is 88.0 Å². The number of carbonyl (C=O) groups is 1. The molecule has 0 aromatic carbocycles. The van der Waals surface area contributed by atoms with Crippen LogP contribution in [0, 0.1) is 5.92 Å². The lowest BCUT2D eigenvalue weighted by atomic mass is 9.90. The van der Waals surface area contributed by atoms with Gasteiger partial charge < -0.3 is 16.0 Å². The molecule has 2 aliphatic rings. The minimum atomic E-state index is -0.0716. The van der Waals surface area contributed by atoms with Gasteiger partial charge >= 0.3 is 0 Å². The fraction of sp³-hybridized carbons (Fsp3) is 0.625. The van der Waals surface area contributed by atoms with Gasteiger partial charge in [0.1, 0.15) is 0 Å². The Morgan fingerprint density at radius 1 is 1.27 bits per heavy atom. The van der Waals surface area contributed by atoms with Gasteiger partial charge in [0.2, 0.25) is 11.5 Å². The summed E-state index contributed by atoms with van der Waals surface area (Å²) in [6.45, 7) is 0. The summed E-state index contributed by atoms with van der Waals surface area (Å²) < 4.78 is 0. The lowest BCUT2D eigenvalue weighted by Crippen LogP contribution is -2.35. The number of nitrogens with two attached hydrogens (primary N) is 1. The van der Waals surface area contributed by atoms with E-state index in [1.165, 1.54) is 6.07 Å². The lowest BCUT2D eigenvalue weighted by molar-refractivity contribution is -0.122. The van der Waals surface area contributed by atoms with Crippen LogP contribution < -0.4 is 16.6 Å². The fourth-order valence-corrected chi connectivity index (χ4v) is 3.66. The van der Waals surface area contributed by atoms with Crippen molar-refractivity contribution in [3.63, 3.8) is 0 Å². The number of halogens is 1. The molecule has 2 aliphatic carbocycles. The first-order valence-corrected chi connectivity index (χ1v) is 7.90. The molecule has 5 nitrogen and oxygen atoms in total. The van der Waals surface area contributed by atoms with Gasteiger partial charge in [0, 0.05) is 24.2 Å². The summed E-state index contributed by atoms with van der Waals surface area (Å²) in [5.41, 5.74) is 7.99. The number of fused-ring (bicyclic) bond motifs is 1. The zero-order valence-electron chi connectivity index (χ0n) is 12.6.